The molecule has 0 spiro atoms. The molecule has 0 saturated carbocycles. The fraction of sp³-hybridized carbons (Fsp3) is 1.00. The summed E-state index contributed by atoms with van der Waals surface area (Å²) in [6.07, 6.45) is 4.96. The highest BCUT2D eigenvalue weighted by molar-refractivity contribution is 4.85. The van der Waals surface area contributed by atoms with Crippen molar-refractivity contribution in [2.24, 2.45) is 0 Å². The van der Waals surface area contributed by atoms with E-state index in [1.165, 1.54) is 25.8 Å². The second-order valence-electron chi connectivity index (χ2n) is 5.39. The first-order valence-corrected chi connectivity index (χ1v) is 7.17. The first-order valence-electron chi connectivity index (χ1n) is 7.17. The second kappa shape index (κ2) is 8.06. The minimum absolute atomic E-state index is 0.650. The normalized spacial score (nSPS) is 28.2. The summed E-state index contributed by atoms with van der Waals surface area (Å²) in [4.78, 5) is 2.64. The summed E-state index contributed by atoms with van der Waals surface area (Å²) in [7, 11) is 1.79. The minimum Gasteiger partial charge on any atom is -0.385 e. The molecule has 0 aromatic carbocycles. The van der Waals surface area contributed by atoms with Gasteiger partial charge in [0.15, 0.2) is 0 Å². The van der Waals surface area contributed by atoms with Crippen molar-refractivity contribution in [3.8, 4) is 0 Å². The molecule has 0 amide bonds. The number of piperidine rings is 1. The van der Waals surface area contributed by atoms with Crippen LogP contribution in [0.3, 0.4) is 0 Å². The van der Waals surface area contributed by atoms with E-state index in [1.807, 2.05) is 0 Å². The molecular weight excluding hydrogens is 212 g/mol. The molecule has 1 aliphatic rings. The SMILES string of the molecule is CCCNC1CCN(C(C)CCOC)C(C)C1. The molecule has 1 N–H and O–H groups in total. The molecule has 3 unspecified atom stereocenters. The molecule has 17 heavy (non-hydrogen) atoms. The van der Waals surface area contributed by atoms with Gasteiger partial charge < -0.3 is 10.1 Å². The van der Waals surface area contributed by atoms with Crippen molar-refractivity contribution in [2.75, 3.05) is 26.8 Å². The molecule has 1 saturated heterocycles. The van der Waals surface area contributed by atoms with Gasteiger partial charge in [-0.15, -0.1) is 0 Å². The Morgan fingerprint density at radius 1 is 1.47 bits per heavy atom. The predicted octanol–water partition coefficient (Wildman–Crippen LogP) is 2.26. The van der Waals surface area contributed by atoms with Crippen LogP contribution in [0.5, 0.6) is 0 Å². The van der Waals surface area contributed by atoms with Crippen molar-refractivity contribution in [3.05, 3.63) is 0 Å². The van der Waals surface area contributed by atoms with Crippen LogP contribution in [0.2, 0.25) is 0 Å². The summed E-state index contributed by atoms with van der Waals surface area (Å²) in [6, 6.07) is 2.08. The van der Waals surface area contributed by atoms with E-state index in [0.29, 0.717) is 12.1 Å². The Morgan fingerprint density at radius 2 is 2.24 bits per heavy atom. The van der Waals surface area contributed by atoms with Gasteiger partial charge in [0.2, 0.25) is 0 Å². The van der Waals surface area contributed by atoms with Crippen LogP contribution in [0.1, 0.15) is 46.5 Å². The quantitative estimate of drug-likeness (QED) is 0.741. The molecule has 1 fully saturated rings. The van der Waals surface area contributed by atoms with Gasteiger partial charge in [-0.3, -0.25) is 4.90 Å². The molecular formula is C14H30N2O. The third-order valence-corrected chi connectivity index (χ3v) is 3.92. The summed E-state index contributed by atoms with van der Waals surface area (Å²) in [5.41, 5.74) is 0. The van der Waals surface area contributed by atoms with Gasteiger partial charge in [-0.05, 0) is 46.1 Å². The van der Waals surface area contributed by atoms with E-state index < -0.39 is 0 Å². The van der Waals surface area contributed by atoms with Gasteiger partial charge >= 0.3 is 0 Å². The summed E-state index contributed by atoms with van der Waals surface area (Å²) < 4.78 is 5.17. The highest BCUT2D eigenvalue weighted by Gasteiger charge is 2.27. The van der Waals surface area contributed by atoms with E-state index in [9.17, 15) is 0 Å². The largest absolute Gasteiger partial charge is 0.385 e. The van der Waals surface area contributed by atoms with Gasteiger partial charge in [0.1, 0.15) is 0 Å². The van der Waals surface area contributed by atoms with Gasteiger partial charge in [0, 0.05) is 38.4 Å². The Labute approximate surface area is 107 Å². The number of nitrogens with zero attached hydrogens (tertiary/aromatic N) is 1. The molecule has 1 aliphatic heterocycles. The summed E-state index contributed by atoms with van der Waals surface area (Å²) in [6.45, 7) is 10.2. The van der Waals surface area contributed by atoms with Crippen molar-refractivity contribution in [1.29, 1.82) is 0 Å². The van der Waals surface area contributed by atoms with Crippen molar-refractivity contribution < 1.29 is 4.74 Å². The highest BCUT2D eigenvalue weighted by Crippen LogP contribution is 2.21. The standard InChI is InChI=1S/C14H30N2O/c1-5-8-15-14-6-9-16(13(3)11-14)12(2)7-10-17-4/h12-15H,5-11H2,1-4H3. The third kappa shape index (κ3) is 4.94. The van der Waals surface area contributed by atoms with Crippen LogP contribution in [0.15, 0.2) is 0 Å². The zero-order valence-electron chi connectivity index (χ0n) is 12.0. The van der Waals surface area contributed by atoms with E-state index in [0.717, 1.165) is 25.6 Å². The molecule has 1 rings (SSSR count). The smallest absolute Gasteiger partial charge is 0.0477 e. The van der Waals surface area contributed by atoms with E-state index in [4.69, 9.17) is 4.74 Å². The molecule has 0 aromatic heterocycles. The Morgan fingerprint density at radius 3 is 2.82 bits per heavy atom. The number of methoxy groups -OCH3 is 1. The zero-order chi connectivity index (χ0) is 12.7. The van der Waals surface area contributed by atoms with Gasteiger partial charge in [-0.1, -0.05) is 6.92 Å². The van der Waals surface area contributed by atoms with Gasteiger partial charge in [-0.25, -0.2) is 0 Å². The van der Waals surface area contributed by atoms with Crippen LogP contribution in [-0.2, 0) is 4.74 Å². The Kier molecular flexibility index (Phi) is 7.09. The van der Waals surface area contributed by atoms with Crippen molar-refractivity contribution in [1.82, 2.24) is 10.2 Å². The maximum Gasteiger partial charge on any atom is 0.0477 e. The van der Waals surface area contributed by atoms with E-state index in [2.05, 4.69) is 31.0 Å². The van der Waals surface area contributed by atoms with E-state index >= 15 is 0 Å². The number of rotatable bonds is 7. The zero-order valence-corrected chi connectivity index (χ0v) is 12.0. The van der Waals surface area contributed by atoms with E-state index in [-0.39, 0.29) is 0 Å². The topological polar surface area (TPSA) is 24.5 Å². The molecule has 3 nitrogen and oxygen atoms in total. The molecule has 0 bridgehead atoms. The average Bonchev–Trinajstić information content (AvgIpc) is 2.33. The summed E-state index contributed by atoms with van der Waals surface area (Å²) in [5.74, 6) is 0. The van der Waals surface area contributed by atoms with Crippen molar-refractivity contribution in [2.45, 2.75) is 64.6 Å². The van der Waals surface area contributed by atoms with Gasteiger partial charge in [0.05, 0.1) is 0 Å². The number of hydrogen-bond donors (Lipinski definition) is 1. The Balaban J connectivity index is 2.31. The number of likely N-dealkylation sites (tertiary alicyclic amines) is 1. The van der Waals surface area contributed by atoms with Crippen molar-refractivity contribution in [3.63, 3.8) is 0 Å². The number of ether oxygens (including phenoxy) is 1. The molecule has 3 heteroatoms. The highest BCUT2D eigenvalue weighted by atomic mass is 16.5. The molecule has 3 atom stereocenters. The molecule has 0 aliphatic carbocycles. The van der Waals surface area contributed by atoms with Crippen LogP contribution < -0.4 is 5.32 Å². The van der Waals surface area contributed by atoms with Crippen LogP contribution in [0, 0.1) is 0 Å². The minimum atomic E-state index is 0.650. The first kappa shape index (κ1) is 14.9. The molecule has 102 valence electrons. The third-order valence-electron chi connectivity index (χ3n) is 3.92. The summed E-state index contributed by atoms with van der Waals surface area (Å²) in [5, 5.41) is 3.65. The van der Waals surface area contributed by atoms with E-state index in [1.54, 1.807) is 7.11 Å². The van der Waals surface area contributed by atoms with Crippen LogP contribution >= 0.6 is 0 Å². The lowest BCUT2D eigenvalue weighted by atomic mass is 9.96. The second-order valence-corrected chi connectivity index (χ2v) is 5.39. The lowest BCUT2D eigenvalue weighted by molar-refractivity contribution is 0.0736. The van der Waals surface area contributed by atoms with Crippen LogP contribution in [0.4, 0.5) is 0 Å². The molecule has 0 aromatic rings. The van der Waals surface area contributed by atoms with Crippen LogP contribution in [-0.4, -0.2) is 49.8 Å². The molecule has 1 heterocycles. The molecule has 0 radical (unpaired) electrons. The maximum atomic E-state index is 5.17. The van der Waals surface area contributed by atoms with Gasteiger partial charge in [0.25, 0.3) is 0 Å². The number of nitrogens with one attached hydrogen (secondary N) is 1. The lowest BCUT2D eigenvalue weighted by Gasteiger charge is -2.41. The predicted molar refractivity (Wildman–Crippen MR) is 73.4 cm³/mol. The summed E-state index contributed by atoms with van der Waals surface area (Å²) >= 11 is 0. The monoisotopic (exact) mass is 242 g/mol. The maximum absolute atomic E-state index is 5.17. The van der Waals surface area contributed by atoms with Crippen LogP contribution in [0.25, 0.3) is 0 Å². The lowest BCUT2D eigenvalue weighted by Crippen LogP contribution is -2.50. The Hall–Kier alpha value is -0.120. The van der Waals surface area contributed by atoms with Crippen molar-refractivity contribution >= 4 is 0 Å². The fourth-order valence-electron chi connectivity index (χ4n) is 2.83. The fourth-order valence-corrected chi connectivity index (χ4v) is 2.83. The number of hydrogen-bond acceptors (Lipinski definition) is 3. The van der Waals surface area contributed by atoms with Gasteiger partial charge in [-0.2, -0.15) is 0 Å². The Bertz CT molecular complexity index is 199. The average molecular weight is 242 g/mol. The first-order chi connectivity index (χ1) is 8.19.